The Hall–Kier alpha value is -0.610. The normalized spacial score (nSPS) is 20.0. The highest BCUT2D eigenvalue weighted by atomic mass is 127. The molecule has 0 aromatic rings. The number of morpholine rings is 1. The first-order valence-electron chi connectivity index (χ1n) is 9.08. The number of ether oxygens (including phenoxy) is 1. The van der Waals surface area contributed by atoms with Crippen molar-refractivity contribution in [2.75, 3.05) is 59.5 Å². The van der Waals surface area contributed by atoms with Crippen molar-refractivity contribution >= 4 is 35.8 Å². The Morgan fingerprint density at radius 2 is 1.72 bits per heavy atom. The van der Waals surface area contributed by atoms with Crippen LogP contribution in [0, 0.1) is 0 Å². The van der Waals surface area contributed by atoms with Crippen molar-refractivity contribution in [3.8, 4) is 0 Å². The highest BCUT2D eigenvalue weighted by Gasteiger charge is 2.28. The average molecular weight is 467 g/mol. The fraction of sp³-hybridized carbons (Fsp3) is 0.882. The molecule has 0 saturated carbocycles. The number of nitrogens with one attached hydrogen (secondary N) is 2. The third-order valence-corrected chi connectivity index (χ3v) is 4.90. The second-order valence-electron chi connectivity index (χ2n) is 7.13. The fourth-order valence-corrected chi connectivity index (χ4v) is 3.22. The van der Waals surface area contributed by atoms with Crippen LogP contribution in [0.4, 0.5) is 0 Å². The minimum Gasteiger partial charge on any atom is -0.379 e. The Morgan fingerprint density at radius 1 is 1.08 bits per heavy atom. The lowest BCUT2D eigenvalue weighted by Gasteiger charge is -2.41. The molecule has 146 valence electrons. The molecule has 0 spiro atoms. The maximum atomic E-state index is 12.2. The van der Waals surface area contributed by atoms with Crippen LogP contribution < -0.4 is 10.6 Å². The van der Waals surface area contributed by atoms with Gasteiger partial charge in [-0.25, -0.2) is 0 Å². The maximum absolute atomic E-state index is 12.2. The number of guanidine groups is 1. The predicted octanol–water partition coefficient (Wildman–Crippen LogP) is 0.893. The predicted molar refractivity (Wildman–Crippen MR) is 112 cm³/mol. The summed E-state index contributed by atoms with van der Waals surface area (Å²) in [5.41, 5.74) is 0.0122. The Bertz CT molecular complexity index is 433. The summed E-state index contributed by atoms with van der Waals surface area (Å²) >= 11 is 0. The zero-order valence-electron chi connectivity index (χ0n) is 15.8. The molecule has 2 N–H and O–H groups in total. The van der Waals surface area contributed by atoms with E-state index in [1.807, 2.05) is 4.90 Å². The monoisotopic (exact) mass is 467 g/mol. The largest absolute Gasteiger partial charge is 0.379 e. The van der Waals surface area contributed by atoms with E-state index in [1.165, 1.54) is 6.42 Å². The molecule has 1 amide bonds. The second kappa shape index (κ2) is 11.2. The number of halogens is 1. The molecule has 0 atom stereocenters. The maximum Gasteiger partial charge on any atom is 0.241 e. The number of carbonyl (C=O) groups is 1. The SMILES string of the molecule is CN=C(NCC(=O)N1CCCCC1)NCC(C)(C)N1CCOCC1.I. The quantitative estimate of drug-likeness (QED) is 0.357. The summed E-state index contributed by atoms with van der Waals surface area (Å²) in [7, 11) is 1.74. The molecule has 2 heterocycles. The number of likely N-dealkylation sites (tertiary alicyclic amines) is 1. The van der Waals surface area contributed by atoms with Gasteiger partial charge in [-0.1, -0.05) is 0 Å². The molecule has 2 saturated heterocycles. The molecule has 0 aromatic heterocycles. The van der Waals surface area contributed by atoms with E-state index < -0.39 is 0 Å². The highest BCUT2D eigenvalue weighted by molar-refractivity contribution is 14.0. The Labute approximate surface area is 169 Å². The van der Waals surface area contributed by atoms with Gasteiger partial charge in [0.25, 0.3) is 0 Å². The lowest BCUT2D eigenvalue weighted by molar-refractivity contribution is -0.130. The molecule has 2 fully saturated rings. The third kappa shape index (κ3) is 7.26. The lowest BCUT2D eigenvalue weighted by atomic mass is 10.0. The zero-order valence-corrected chi connectivity index (χ0v) is 18.2. The Kier molecular flexibility index (Phi) is 10.0. The van der Waals surface area contributed by atoms with E-state index in [2.05, 4.69) is 34.4 Å². The number of hydrogen-bond acceptors (Lipinski definition) is 4. The summed E-state index contributed by atoms with van der Waals surface area (Å²) in [4.78, 5) is 20.8. The molecule has 0 radical (unpaired) electrons. The van der Waals surface area contributed by atoms with Crippen molar-refractivity contribution in [2.24, 2.45) is 4.99 Å². The first-order chi connectivity index (χ1) is 11.5. The molecular weight excluding hydrogens is 433 g/mol. The van der Waals surface area contributed by atoms with Gasteiger partial charge in [-0.15, -0.1) is 24.0 Å². The first-order valence-corrected chi connectivity index (χ1v) is 9.08. The molecule has 2 rings (SSSR count). The second-order valence-corrected chi connectivity index (χ2v) is 7.13. The number of nitrogens with zero attached hydrogens (tertiary/aromatic N) is 3. The molecule has 7 nitrogen and oxygen atoms in total. The Morgan fingerprint density at radius 3 is 2.32 bits per heavy atom. The van der Waals surface area contributed by atoms with E-state index in [4.69, 9.17) is 4.74 Å². The topological polar surface area (TPSA) is 69.2 Å². The third-order valence-electron chi connectivity index (χ3n) is 4.90. The zero-order chi connectivity index (χ0) is 17.4. The summed E-state index contributed by atoms with van der Waals surface area (Å²) in [6, 6.07) is 0. The molecule has 8 heteroatoms. The summed E-state index contributed by atoms with van der Waals surface area (Å²) in [5, 5.41) is 6.50. The van der Waals surface area contributed by atoms with Gasteiger partial charge in [-0.3, -0.25) is 14.7 Å². The summed E-state index contributed by atoms with van der Waals surface area (Å²) in [5.74, 6) is 0.840. The smallest absolute Gasteiger partial charge is 0.241 e. The standard InChI is InChI=1S/C17H33N5O2.HI/c1-17(2,22-9-11-24-12-10-22)14-20-16(18-3)19-13-15(23)21-7-5-4-6-8-21;/h4-14H2,1-3H3,(H2,18,19,20);1H. The van der Waals surface area contributed by atoms with E-state index in [1.54, 1.807) is 7.05 Å². The van der Waals surface area contributed by atoms with Crippen LogP contribution in [0.15, 0.2) is 4.99 Å². The molecule has 0 bridgehead atoms. The molecule has 2 aliphatic rings. The molecular formula is C17H34IN5O2. The fourth-order valence-electron chi connectivity index (χ4n) is 3.22. The number of piperidine rings is 1. The molecule has 2 aliphatic heterocycles. The van der Waals surface area contributed by atoms with Gasteiger partial charge in [0.1, 0.15) is 0 Å². The van der Waals surface area contributed by atoms with Gasteiger partial charge < -0.3 is 20.3 Å². The van der Waals surface area contributed by atoms with Crippen molar-refractivity contribution in [2.45, 2.75) is 38.6 Å². The van der Waals surface area contributed by atoms with Crippen LogP contribution in [0.5, 0.6) is 0 Å². The van der Waals surface area contributed by atoms with Crippen molar-refractivity contribution in [3.63, 3.8) is 0 Å². The van der Waals surface area contributed by atoms with Gasteiger partial charge in [0.15, 0.2) is 5.96 Å². The molecule has 0 aromatic carbocycles. The van der Waals surface area contributed by atoms with Crippen LogP contribution in [0.3, 0.4) is 0 Å². The summed E-state index contributed by atoms with van der Waals surface area (Å²) in [6.45, 7) is 10.8. The van der Waals surface area contributed by atoms with Crippen molar-refractivity contribution < 1.29 is 9.53 Å². The highest BCUT2D eigenvalue weighted by Crippen LogP contribution is 2.15. The van der Waals surface area contributed by atoms with E-state index in [0.717, 1.165) is 58.8 Å². The first kappa shape index (κ1) is 22.4. The van der Waals surface area contributed by atoms with Crippen molar-refractivity contribution in [1.29, 1.82) is 0 Å². The number of hydrogen-bond donors (Lipinski definition) is 2. The van der Waals surface area contributed by atoms with E-state index in [-0.39, 0.29) is 35.4 Å². The van der Waals surface area contributed by atoms with Gasteiger partial charge >= 0.3 is 0 Å². The van der Waals surface area contributed by atoms with Gasteiger partial charge in [-0.2, -0.15) is 0 Å². The molecule has 0 unspecified atom stereocenters. The van der Waals surface area contributed by atoms with E-state index in [9.17, 15) is 4.79 Å². The molecule has 25 heavy (non-hydrogen) atoms. The minimum absolute atomic E-state index is 0. The number of aliphatic imine (C=N–C) groups is 1. The summed E-state index contributed by atoms with van der Waals surface area (Å²) < 4.78 is 5.42. The van der Waals surface area contributed by atoms with Crippen molar-refractivity contribution in [3.05, 3.63) is 0 Å². The average Bonchev–Trinajstić information content (AvgIpc) is 2.63. The Balaban J connectivity index is 0.00000312. The number of rotatable bonds is 5. The van der Waals surface area contributed by atoms with Crippen LogP contribution in [-0.2, 0) is 9.53 Å². The van der Waals surface area contributed by atoms with Gasteiger partial charge in [0.05, 0.1) is 19.8 Å². The lowest BCUT2D eigenvalue weighted by Crippen LogP contribution is -2.57. The van der Waals surface area contributed by atoms with Crippen molar-refractivity contribution in [1.82, 2.24) is 20.4 Å². The van der Waals surface area contributed by atoms with E-state index in [0.29, 0.717) is 12.5 Å². The van der Waals surface area contributed by atoms with E-state index >= 15 is 0 Å². The van der Waals surface area contributed by atoms with Crippen LogP contribution in [0.1, 0.15) is 33.1 Å². The summed E-state index contributed by atoms with van der Waals surface area (Å²) in [6.07, 6.45) is 3.47. The van der Waals surface area contributed by atoms with Crippen LogP contribution in [0.25, 0.3) is 0 Å². The van der Waals surface area contributed by atoms with Gasteiger partial charge in [0, 0.05) is 45.3 Å². The molecule has 0 aliphatic carbocycles. The minimum atomic E-state index is 0. The number of carbonyl (C=O) groups excluding carboxylic acids is 1. The van der Waals surface area contributed by atoms with Crippen LogP contribution in [-0.4, -0.2) is 86.7 Å². The van der Waals surface area contributed by atoms with Gasteiger partial charge in [0.2, 0.25) is 5.91 Å². The number of amides is 1. The van der Waals surface area contributed by atoms with Crippen LogP contribution in [0.2, 0.25) is 0 Å². The van der Waals surface area contributed by atoms with Crippen LogP contribution >= 0.6 is 24.0 Å². The van der Waals surface area contributed by atoms with Gasteiger partial charge in [-0.05, 0) is 33.1 Å².